The van der Waals surface area contributed by atoms with Gasteiger partial charge in [-0.25, -0.2) is 4.98 Å². The Morgan fingerprint density at radius 3 is 1.71 bits per heavy atom. The number of aromatic nitrogens is 2. The summed E-state index contributed by atoms with van der Waals surface area (Å²) in [6.07, 6.45) is -0.592. The van der Waals surface area contributed by atoms with Crippen LogP contribution in [0.15, 0.2) is 140 Å². The van der Waals surface area contributed by atoms with E-state index in [1.54, 1.807) is 11.3 Å². The monoisotopic (exact) mass is 608 g/mol. The number of alkyl halides is 3. The van der Waals surface area contributed by atoms with Gasteiger partial charge < -0.3 is 0 Å². The third kappa shape index (κ3) is 5.13. The zero-order valence-corrected chi connectivity index (χ0v) is 24.5. The Kier molecular flexibility index (Phi) is 6.47. The number of nitrogens with zero attached hydrogens (tertiary/aromatic N) is 2. The van der Waals surface area contributed by atoms with Crippen molar-refractivity contribution in [2.75, 3.05) is 0 Å². The fraction of sp³-hybridized carbons (Fsp3) is 0.0256. The Balaban J connectivity index is 1.02. The summed E-state index contributed by atoms with van der Waals surface area (Å²) in [4.78, 5) is 10.4. The second kappa shape index (κ2) is 10.7. The Bertz CT molecular complexity index is 2340. The lowest BCUT2D eigenvalue weighted by Gasteiger charge is -2.09. The molecule has 3 heterocycles. The van der Waals surface area contributed by atoms with Gasteiger partial charge in [0.05, 0.1) is 11.1 Å². The molecule has 8 aromatic rings. The van der Waals surface area contributed by atoms with Crippen LogP contribution in [0.4, 0.5) is 13.2 Å². The van der Waals surface area contributed by atoms with Crippen LogP contribution in [-0.4, -0.2) is 9.97 Å². The molecule has 0 unspecified atom stereocenters. The molecule has 0 N–H and O–H groups in total. The van der Waals surface area contributed by atoms with E-state index in [-0.39, 0.29) is 0 Å². The first-order chi connectivity index (χ1) is 21.9. The van der Waals surface area contributed by atoms with Crippen molar-refractivity contribution >= 4 is 42.5 Å². The molecule has 2 nitrogen and oxygen atoms in total. The van der Waals surface area contributed by atoms with Gasteiger partial charge in [-0.2, -0.15) is 13.2 Å². The molecular formula is C39H23F3N2S. The van der Waals surface area contributed by atoms with Gasteiger partial charge >= 0.3 is 6.18 Å². The van der Waals surface area contributed by atoms with Crippen molar-refractivity contribution in [3.63, 3.8) is 0 Å². The van der Waals surface area contributed by atoms with E-state index in [1.807, 2.05) is 42.7 Å². The molecule has 0 aliphatic heterocycles. The molecule has 0 saturated heterocycles. The maximum Gasteiger partial charge on any atom is 0.416 e. The molecule has 0 saturated carbocycles. The van der Waals surface area contributed by atoms with Gasteiger partial charge in [0, 0.05) is 38.8 Å². The number of rotatable bonds is 4. The first-order valence-corrected chi connectivity index (χ1v) is 15.3. The summed E-state index contributed by atoms with van der Waals surface area (Å²) >= 11 is 1.72. The van der Waals surface area contributed by atoms with Gasteiger partial charge in [-0.05, 0) is 87.5 Å². The van der Waals surface area contributed by atoms with Crippen LogP contribution in [0.25, 0.3) is 75.7 Å². The summed E-state index contributed by atoms with van der Waals surface area (Å²) in [7, 11) is 0. The Labute approximate surface area is 261 Å². The smallest absolute Gasteiger partial charge is 0.256 e. The molecular weight excluding hydrogens is 586 g/mol. The molecule has 0 fully saturated rings. The van der Waals surface area contributed by atoms with E-state index in [2.05, 4.69) is 77.8 Å². The lowest BCUT2D eigenvalue weighted by Crippen LogP contribution is -2.03. The van der Waals surface area contributed by atoms with Crippen LogP contribution >= 0.6 is 11.3 Å². The fourth-order valence-corrected chi connectivity index (χ4v) is 6.84. The molecule has 0 atom stereocenters. The van der Waals surface area contributed by atoms with E-state index >= 15 is 0 Å². The topological polar surface area (TPSA) is 25.8 Å². The van der Waals surface area contributed by atoms with E-state index in [0.29, 0.717) is 0 Å². The first kappa shape index (κ1) is 27.2. The van der Waals surface area contributed by atoms with Crippen LogP contribution < -0.4 is 0 Å². The van der Waals surface area contributed by atoms with Crippen LogP contribution in [0, 0.1) is 0 Å². The third-order valence-electron chi connectivity index (χ3n) is 8.25. The normalized spacial score (nSPS) is 11.9. The van der Waals surface area contributed by atoms with Crippen molar-refractivity contribution in [3.8, 4) is 44.5 Å². The van der Waals surface area contributed by atoms with Crippen molar-refractivity contribution < 1.29 is 13.2 Å². The number of benzene rings is 5. The van der Waals surface area contributed by atoms with Gasteiger partial charge in [0.25, 0.3) is 0 Å². The number of halogens is 3. The molecule has 216 valence electrons. The fourth-order valence-electron chi connectivity index (χ4n) is 5.81. The maximum atomic E-state index is 12.9. The number of hydrogen-bond donors (Lipinski definition) is 0. The van der Waals surface area contributed by atoms with Crippen molar-refractivity contribution in [3.05, 3.63) is 145 Å². The summed E-state index contributed by atoms with van der Waals surface area (Å²) in [5, 5.41) is 3.47. The molecule has 45 heavy (non-hydrogen) atoms. The van der Waals surface area contributed by atoms with Crippen LogP contribution in [-0.2, 0) is 6.18 Å². The highest BCUT2D eigenvalue weighted by molar-refractivity contribution is 7.25. The molecule has 3 aromatic heterocycles. The highest BCUT2D eigenvalue weighted by atomic mass is 32.1. The van der Waals surface area contributed by atoms with E-state index in [0.717, 1.165) is 66.8 Å². The van der Waals surface area contributed by atoms with Gasteiger partial charge in [0.2, 0.25) is 0 Å². The van der Waals surface area contributed by atoms with E-state index in [9.17, 15) is 13.2 Å². The molecule has 8 rings (SSSR count). The summed E-state index contributed by atoms with van der Waals surface area (Å²) in [5.74, 6) is 0. The third-order valence-corrected chi connectivity index (χ3v) is 9.34. The van der Waals surface area contributed by atoms with Crippen LogP contribution in [0.5, 0.6) is 0 Å². The van der Waals surface area contributed by atoms with Crippen LogP contribution in [0.2, 0.25) is 0 Å². The average molecular weight is 609 g/mol. The minimum atomic E-state index is -4.34. The van der Waals surface area contributed by atoms with Crippen molar-refractivity contribution in [2.24, 2.45) is 0 Å². The van der Waals surface area contributed by atoms with E-state index < -0.39 is 11.7 Å². The number of pyridine rings is 2. The maximum absolute atomic E-state index is 12.9. The molecule has 0 aliphatic carbocycles. The first-order valence-electron chi connectivity index (χ1n) is 14.5. The standard InChI is InChI=1S/C39H23F3N2S/c40-39(41,42)33-16-13-25(14-17-33)24-3-5-27(6-4-24)30-11-12-31-20-32(23-44-36(31)22-30)28-9-7-26(8-10-28)29-15-18-37-35(21-29)34-2-1-19-43-38(34)45-37/h1-23H. The SMILES string of the molecule is FC(F)(F)c1ccc(-c2ccc(-c3ccc4cc(-c5ccc(-c6ccc7sc8ncccc8c7c6)cc5)cnc4c3)cc2)cc1. The van der Waals surface area contributed by atoms with E-state index in [1.165, 1.54) is 33.2 Å². The Morgan fingerprint density at radius 2 is 1.04 bits per heavy atom. The predicted octanol–water partition coefficient (Wildman–Crippen LogP) is 11.7. The molecule has 5 aromatic carbocycles. The highest BCUT2D eigenvalue weighted by Crippen LogP contribution is 2.36. The predicted molar refractivity (Wildman–Crippen MR) is 179 cm³/mol. The van der Waals surface area contributed by atoms with E-state index in [4.69, 9.17) is 4.98 Å². The van der Waals surface area contributed by atoms with Crippen LogP contribution in [0.1, 0.15) is 5.56 Å². The van der Waals surface area contributed by atoms with Crippen molar-refractivity contribution in [1.82, 2.24) is 9.97 Å². The van der Waals surface area contributed by atoms with Gasteiger partial charge in [0.1, 0.15) is 4.83 Å². The molecule has 0 amide bonds. The van der Waals surface area contributed by atoms with Crippen molar-refractivity contribution in [2.45, 2.75) is 6.18 Å². The summed E-state index contributed by atoms with van der Waals surface area (Å²) < 4.78 is 40.0. The largest absolute Gasteiger partial charge is 0.416 e. The van der Waals surface area contributed by atoms with Gasteiger partial charge in [-0.1, -0.05) is 78.9 Å². The number of fused-ring (bicyclic) bond motifs is 4. The van der Waals surface area contributed by atoms with Crippen LogP contribution in [0.3, 0.4) is 0 Å². The molecule has 0 aliphatic rings. The average Bonchev–Trinajstić information content (AvgIpc) is 3.46. The Morgan fingerprint density at radius 1 is 0.489 bits per heavy atom. The number of thiophene rings is 1. The van der Waals surface area contributed by atoms with Gasteiger partial charge in [0.15, 0.2) is 0 Å². The second-order valence-corrected chi connectivity index (χ2v) is 12.1. The summed E-state index contributed by atoms with van der Waals surface area (Å²) in [6.45, 7) is 0. The molecule has 0 bridgehead atoms. The second-order valence-electron chi connectivity index (χ2n) is 11.0. The molecule has 0 radical (unpaired) electrons. The van der Waals surface area contributed by atoms with Gasteiger partial charge in [-0.15, -0.1) is 11.3 Å². The quantitative estimate of drug-likeness (QED) is 0.199. The van der Waals surface area contributed by atoms with Crippen molar-refractivity contribution in [1.29, 1.82) is 0 Å². The minimum Gasteiger partial charge on any atom is -0.256 e. The zero-order valence-electron chi connectivity index (χ0n) is 23.7. The summed E-state index contributed by atoms with van der Waals surface area (Å²) in [5.41, 5.74) is 8.37. The molecule has 0 spiro atoms. The molecule has 6 heteroatoms. The number of hydrogen-bond acceptors (Lipinski definition) is 3. The minimum absolute atomic E-state index is 0.647. The zero-order chi connectivity index (χ0) is 30.5. The lowest BCUT2D eigenvalue weighted by molar-refractivity contribution is -0.137. The highest BCUT2D eigenvalue weighted by Gasteiger charge is 2.30. The summed E-state index contributed by atoms with van der Waals surface area (Å²) in [6, 6.07) is 40.8. The Hall–Kier alpha value is -5.33. The lowest BCUT2D eigenvalue weighted by atomic mass is 9.97. The van der Waals surface area contributed by atoms with Gasteiger partial charge in [-0.3, -0.25) is 4.98 Å².